The smallest absolute Gasteiger partial charge is 0.255 e. The zero-order valence-electron chi connectivity index (χ0n) is 8.24. The molecule has 14 heavy (non-hydrogen) atoms. The molecule has 0 aliphatic carbocycles. The van der Waals surface area contributed by atoms with Gasteiger partial charge in [0.05, 0.1) is 0 Å². The van der Waals surface area contributed by atoms with Crippen molar-refractivity contribution in [2.45, 2.75) is 38.3 Å². The topological polar surface area (TPSA) is 15.3 Å². The van der Waals surface area contributed by atoms with Gasteiger partial charge >= 0.3 is 6.18 Å². The third-order valence-corrected chi connectivity index (χ3v) is 2.33. The molecule has 0 radical (unpaired) electrons. The molecule has 1 N–H and O–H groups in total. The molecule has 1 fully saturated rings. The average Bonchev–Trinajstić information content (AvgIpc) is 2.13. The standard InChI is InChI=1S/C9H17F3N2/c10-9(11,12)5-4-6-13-14-7-2-1-3-8-14/h13H,1-8H2. The van der Waals surface area contributed by atoms with Gasteiger partial charge in [-0.2, -0.15) is 13.2 Å². The second-order valence-corrected chi connectivity index (χ2v) is 3.67. The molecule has 0 amide bonds. The van der Waals surface area contributed by atoms with E-state index in [2.05, 4.69) is 5.43 Å². The molecule has 5 heteroatoms. The Kier molecular flexibility index (Phi) is 4.68. The molecule has 84 valence electrons. The van der Waals surface area contributed by atoms with Crippen LogP contribution < -0.4 is 5.43 Å². The lowest BCUT2D eigenvalue weighted by Crippen LogP contribution is -2.42. The van der Waals surface area contributed by atoms with Crippen molar-refractivity contribution in [3.8, 4) is 0 Å². The SMILES string of the molecule is FC(F)(F)CCCNN1CCCCC1. The molecule has 1 rings (SSSR count). The molecule has 1 aliphatic rings. The second kappa shape index (κ2) is 5.56. The van der Waals surface area contributed by atoms with Crippen LogP contribution >= 0.6 is 0 Å². The van der Waals surface area contributed by atoms with Gasteiger partial charge in [0, 0.05) is 26.1 Å². The van der Waals surface area contributed by atoms with Crippen molar-refractivity contribution in [2.75, 3.05) is 19.6 Å². The summed E-state index contributed by atoms with van der Waals surface area (Å²) in [6.07, 6.45) is -1.00. The Morgan fingerprint density at radius 3 is 2.29 bits per heavy atom. The molecule has 0 unspecified atom stereocenters. The summed E-state index contributed by atoms with van der Waals surface area (Å²) < 4.78 is 35.3. The van der Waals surface area contributed by atoms with Gasteiger partial charge < -0.3 is 0 Å². The number of nitrogens with zero attached hydrogens (tertiary/aromatic N) is 1. The van der Waals surface area contributed by atoms with Crippen LogP contribution in [-0.4, -0.2) is 30.8 Å². The maximum atomic E-state index is 11.8. The highest BCUT2D eigenvalue weighted by Gasteiger charge is 2.25. The van der Waals surface area contributed by atoms with E-state index in [0.29, 0.717) is 6.54 Å². The van der Waals surface area contributed by atoms with Crippen molar-refractivity contribution >= 4 is 0 Å². The number of rotatable bonds is 4. The Bertz CT molecular complexity index is 153. The van der Waals surface area contributed by atoms with Gasteiger partial charge in [0.2, 0.25) is 0 Å². The van der Waals surface area contributed by atoms with E-state index in [1.165, 1.54) is 6.42 Å². The monoisotopic (exact) mass is 210 g/mol. The van der Waals surface area contributed by atoms with E-state index in [0.717, 1.165) is 25.9 Å². The van der Waals surface area contributed by atoms with Gasteiger partial charge in [-0.15, -0.1) is 0 Å². The van der Waals surface area contributed by atoms with E-state index in [1.54, 1.807) is 0 Å². The summed E-state index contributed by atoms with van der Waals surface area (Å²) in [5.41, 5.74) is 3.03. The maximum Gasteiger partial charge on any atom is 0.389 e. The normalized spacial score (nSPS) is 19.9. The molecule has 1 heterocycles. The molecule has 0 bridgehead atoms. The first-order valence-electron chi connectivity index (χ1n) is 5.13. The van der Waals surface area contributed by atoms with Gasteiger partial charge in [-0.3, -0.25) is 5.43 Å². The van der Waals surface area contributed by atoms with E-state index in [-0.39, 0.29) is 6.42 Å². The van der Waals surface area contributed by atoms with Crippen molar-refractivity contribution in [3.63, 3.8) is 0 Å². The first-order valence-corrected chi connectivity index (χ1v) is 5.13. The van der Waals surface area contributed by atoms with Gasteiger partial charge in [-0.1, -0.05) is 6.42 Å². The summed E-state index contributed by atoms with van der Waals surface area (Å²) in [4.78, 5) is 0. The zero-order chi connectivity index (χ0) is 10.4. The molecule has 0 spiro atoms. The highest BCUT2D eigenvalue weighted by Crippen LogP contribution is 2.20. The summed E-state index contributed by atoms with van der Waals surface area (Å²) in [6, 6.07) is 0. The van der Waals surface area contributed by atoms with Crippen molar-refractivity contribution in [2.24, 2.45) is 0 Å². The van der Waals surface area contributed by atoms with Gasteiger partial charge in [0.25, 0.3) is 0 Å². The van der Waals surface area contributed by atoms with Crippen molar-refractivity contribution < 1.29 is 13.2 Å². The van der Waals surface area contributed by atoms with E-state index >= 15 is 0 Å². The molecular formula is C9H17F3N2. The van der Waals surface area contributed by atoms with Gasteiger partial charge in [0.1, 0.15) is 0 Å². The van der Waals surface area contributed by atoms with Gasteiger partial charge in [-0.05, 0) is 19.3 Å². The van der Waals surface area contributed by atoms with Gasteiger partial charge in [-0.25, -0.2) is 5.01 Å². The van der Waals surface area contributed by atoms with E-state index in [9.17, 15) is 13.2 Å². The second-order valence-electron chi connectivity index (χ2n) is 3.67. The van der Waals surface area contributed by atoms with E-state index < -0.39 is 12.6 Å². The minimum absolute atomic E-state index is 0.167. The highest BCUT2D eigenvalue weighted by atomic mass is 19.4. The summed E-state index contributed by atoms with van der Waals surface area (Å²) in [5.74, 6) is 0. The molecule has 2 nitrogen and oxygen atoms in total. The molecule has 0 aromatic carbocycles. The molecular weight excluding hydrogens is 193 g/mol. The number of halogens is 3. The minimum Gasteiger partial charge on any atom is -0.255 e. The Labute approximate surface area is 82.4 Å². The van der Waals surface area contributed by atoms with E-state index in [4.69, 9.17) is 0 Å². The Balaban J connectivity index is 1.97. The summed E-state index contributed by atoms with van der Waals surface area (Å²) >= 11 is 0. The fourth-order valence-electron chi connectivity index (χ4n) is 1.58. The number of alkyl halides is 3. The number of hydrogen-bond donors (Lipinski definition) is 1. The van der Waals surface area contributed by atoms with Crippen LogP contribution in [0.3, 0.4) is 0 Å². The quantitative estimate of drug-likeness (QED) is 0.716. The summed E-state index contributed by atoms with van der Waals surface area (Å²) in [7, 11) is 0. The lowest BCUT2D eigenvalue weighted by atomic mass is 10.2. The zero-order valence-corrected chi connectivity index (χ0v) is 8.24. The van der Waals surface area contributed by atoms with Crippen molar-refractivity contribution in [3.05, 3.63) is 0 Å². The Morgan fingerprint density at radius 2 is 1.71 bits per heavy atom. The van der Waals surface area contributed by atoms with Crippen LogP contribution in [-0.2, 0) is 0 Å². The molecule has 0 saturated carbocycles. The molecule has 1 aliphatic heterocycles. The number of piperidine rings is 1. The van der Waals surface area contributed by atoms with Gasteiger partial charge in [0.15, 0.2) is 0 Å². The van der Waals surface area contributed by atoms with Crippen LogP contribution in [0.5, 0.6) is 0 Å². The first-order chi connectivity index (χ1) is 6.58. The van der Waals surface area contributed by atoms with Crippen LogP contribution in [0.25, 0.3) is 0 Å². The van der Waals surface area contributed by atoms with Crippen LogP contribution in [0.1, 0.15) is 32.1 Å². The summed E-state index contributed by atoms with van der Waals surface area (Å²) in [6.45, 7) is 2.36. The van der Waals surface area contributed by atoms with Crippen molar-refractivity contribution in [1.82, 2.24) is 10.4 Å². The largest absolute Gasteiger partial charge is 0.389 e. The number of hydrogen-bond acceptors (Lipinski definition) is 2. The molecule has 0 aromatic heterocycles. The van der Waals surface area contributed by atoms with E-state index in [1.807, 2.05) is 5.01 Å². The molecule has 0 atom stereocenters. The lowest BCUT2D eigenvalue weighted by molar-refractivity contribution is -0.135. The van der Waals surface area contributed by atoms with Crippen LogP contribution in [0, 0.1) is 0 Å². The fraction of sp³-hybridized carbons (Fsp3) is 1.00. The maximum absolute atomic E-state index is 11.8. The van der Waals surface area contributed by atoms with Crippen LogP contribution in [0.4, 0.5) is 13.2 Å². The predicted molar refractivity (Wildman–Crippen MR) is 48.7 cm³/mol. The van der Waals surface area contributed by atoms with Crippen molar-refractivity contribution in [1.29, 1.82) is 0 Å². The summed E-state index contributed by atoms with van der Waals surface area (Å²) in [5, 5.41) is 2.03. The Hall–Kier alpha value is -0.290. The average molecular weight is 210 g/mol. The van der Waals surface area contributed by atoms with Crippen LogP contribution in [0.15, 0.2) is 0 Å². The number of hydrazine groups is 1. The first kappa shape index (κ1) is 11.8. The highest BCUT2D eigenvalue weighted by molar-refractivity contribution is 4.61. The molecule has 0 aromatic rings. The Morgan fingerprint density at radius 1 is 1.07 bits per heavy atom. The van der Waals surface area contributed by atoms with Crippen LogP contribution in [0.2, 0.25) is 0 Å². The lowest BCUT2D eigenvalue weighted by Gasteiger charge is -2.27. The number of nitrogens with one attached hydrogen (secondary N) is 1. The molecule has 1 saturated heterocycles. The predicted octanol–water partition coefficient (Wildman–Crippen LogP) is 2.32. The minimum atomic E-state index is -4.01. The fourth-order valence-corrected chi connectivity index (χ4v) is 1.58. The third kappa shape index (κ3) is 5.44. The third-order valence-electron chi connectivity index (χ3n) is 2.33.